The quantitative estimate of drug-likeness (QED) is 0.857. The lowest BCUT2D eigenvalue weighted by Crippen LogP contribution is -2.42. The second kappa shape index (κ2) is 6.48. The van der Waals surface area contributed by atoms with Gasteiger partial charge in [0.05, 0.1) is 18.3 Å². The second-order valence-electron chi connectivity index (χ2n) is 7.07. The van der Waals surface area contributed by atoms with Crippen LogP contribution in [0.15, 0.2) is 23.9 Å². The molecule has 0 N–H and O–H groups in total. The Balaban J connectivity index is 1.46. The van der Waals surface area contributed by atoms with E-state index in [1.807, 2.05) is 11.1 Å². The van der Waals surface area contributed by atoms with Gasteiger partial charge in [-0.15, -0.1) is 0 Å². The Kier molecular flexibility index (Phi) is 4.21. The van der Waals surface area contributed by atoms with Gasteiger partial charge < -0.3 is 9.80 Å². The number of hydrogen-bond donors (Lipinski definition) is 0. The van der Waals surface area contributed by atoms with Crippen LogP contribution in [0.4, 0.5) is 0 Å². The van der Waals surface area contributed by atoms with Gasteiger partial charge in [-0.3, -0.25) is 9.48 Å². The van der Waals surface area contributed by atoms with E-state index in [2.05, 4.69) is 26.8 Å². The van der Waals surface area contributed by atoms with Crippen molar-refractivity contribution in [1.82, 2.24) is 19.6 Å². The van der Waals surface area contributed by atoms with Gasteiger partial charge in [-0.25, -0.2) is 0 Å². The van der Waals surface area contributed by atoms with Crippen LogP contribution in [-0.2, 0) is 11.3 Å². The van der Waals surface area contributed by atoms with Crippen molar-refractivity contribution in [2.24, 2.45) is 0 Å². The van der Waals surface area contributed by atoms with E-state index >= 15 is 0 Å². The zero-order valence-corrected chi connectivity index (χ0v) is 13.8. The second-order valence-corrected chi connectivity index (χ2v) is 7.07. The standard InChI is InChI=1S/C18H26N4O/c23-18(15-5-1-2-6-15)21-13-16-7-9-19-22(16)17(14-21)8-12-20-10-3-4-11-20/h5,7,9,17H,1-4,6,8,10-14H2. The molecular weight excluding hydrogens is 288 g/mol. The normalized spacial score (nSPS) is 24.8. The molecule has 1 saturated heterocycles. The maximum Gasteiger partial charge on any atom is 0.249 e. The first-order valence-electron chi connectivity index (χ1n) is 9.04. The minimum Gasteiger partial charge on any atom is -0.331 e. The molecule has 1 aromatic rings. The molecule has 0 saturated carbocycles. The van der Waals surface area contributed by atoms with Crippen molar-refractivity contribution in [3.63, 3.8) is 0 Å². The van der Waals surface area contributed by atoms with Crippen molar-refractivity contribution in [3.8, 4) is 0 Å². The van der Waals surface area contributed by atoms with E-state index in [4.69, 9.17) is 0 Å². The lowest BCUT2D eigenvalue weighted by atomic mass is 10.1. The molecule has 0 bridgehead atoms. The molecule has 0 radical (unpaired) electrons. The van der Waals surface area contributed by atoms with E-state index in [1.54, 1.807) is 0 Å². The Bertz CT molecular complexity index is 600. The minimum absolute atomic E-state index is 0.251. The summed E-state index contributed by atoms with van der Waals surface area (Å²) in [7, 11) is 0. The fourth-order valence-electron chi connectivity index (χ4n) is 4.16. The number of carbonyl (C=O) groups is 1. The molecule has 1 atom stereocenters. The topological polar surface area (TPSA) is 41.4 Å². The average Bonchev–Trinajstić information content (AvgIpc) is 3.33. The molecule has 124 valence electrons. The summed E-state index contributed by atoms with van der Waals surface area (Å²) < 4.78 is 2.16. The van der Waals surface area contributed by atoms with E-state index in [1.165, 1.54) is 31.6 Å². The summed E-state index contributed by atoms with van der Waals surface area (Å²) in [4.78, 5) is 17.3. The number of amides is 1. The van der Waals surface area contributed by atoms with Crippen molar-refractivity contribution in [2.75, 3.05) is 26.2 Å². The van der Waals surface area contributed by atoms with Crippen molar-refractivity contribution in [1.29, 1.82) is 0 Å². The zero-order chi connectivity index (χ0) is 15.6. The fourth-order valence-corrected chi connectivity index (χ4v) is 4.16. The summed E-state index contributed by atoms with van der Waals surface area (Å²) in [6, 6.07) is 2.38. The minimum atomic E-state index is 0.251. The number of carbonyl (C=O) groups excluding carboxylic acids is 1. The van der Waals surface area contributed by atoms with Gasteiger partial charge in [0.1, 0.15) is 0 Å². The maximum atomic E-state index is 12.8. The highest BCUT2D eigenvalue weighted by molar-refractivity contribution is 5.93. The van der Waals surface area contributed by atoms with Crippen LogP contribution in [0.2, 0.25) is 0 Å². The van der Waals surface area contributed by atoms with E-state index in [-0.39, 0.29) is 5.91 Å². The predicted molar refractivity (Wildman–Crippen MR) is 88.9 cm³/mol. The number of hydrogen-bond acceptors (Lipinski definition) is 3. The number of aromatic nitrogens is 2. The lowest BCUT2D eigenvalue weighted by molar-refractivity contribution is -0.129. The van der Waals surface area contributed by atoms with Crippen LogP contribution in [0.25, 0.3) is 0 Å². The first kappa shape index (κ1) is 14.9. The van der Waals surface area contributed by atoms with Crippen LogP contribution in [0.3, 0.4) is 0 Å². The Morgan fingerprint density at radius 1 is 1.26 bits per heavy atom. The van der Waals surface area contributed by atoms with E-state index in [0.717, 1.165) is 44.3 Å². The van der Waals surface area contributed by atoms with Gasteiger partial charge in [0.25, 0.3) is 0 Å². The third kappa shape index (κ3) is 3.07. The summed E-state index contributed by atoms with van der Waals surface area (Å²) in [6.07, 6.45) is 10.9. The summed E-state index contributed by atoms with van der Waals surface area (Å²) in [6.45, 7) is 5.09. The molecule has 4 rings (SSSR count). The number of nitrogens with zero attached hydrogens (tertiary/aromatic N) is 4. The molecular formula is C18H26N4O. The van der Waals surface area contributed by atoms with Crippen LogP contribution in [0.5, 0.6) is 0 Å². The molecule has 3 aliphatic rings. The number of likely N-dealkylation sites (tertiary alicyclic amines) is 1. The first-order valence-corrected chi connectivity index (χ1v) is 9.04. The molecule has 5 heteroatoms. The molecule has 5 nitrogen and oxygen atoms in total. The van der Waals surface area contributed by atoms with Crippen molar-refractivity contribution in [3.05, 3.63) is 29.6 Å². The SMILES string of the molecule is O=C(C1=CCCC1)N1Cc2ccnn2C(CCN2CCCC2)C1. The number of fused-ring (bicyclic) bond motifs is 1. The van der Waals surface area contributed by atoms with Gasteiger partial charge in [0.2, 0.25) is 5.91 Å². The van der Waals surface area contributed by atoms with Crippen LogP contribution < -0.4 is 0 Å². The van der Waals surface area contributed by atoms with Gasteiger partial charge in [-0.05, 0) is 57.7 Å². The Morgan fingerprint density at radius 2 is 2.13 bits per heavy atom. The van der Waals surface area contributed by atoms with E-state index < -0.39 is 0 Å². The summed E-state index contributed by atoms with van der Waals surface area (Å²) in [5, 5.41) is 4.52. The van der Waals surface area contributed by atoms with Gasteiger partial charge in [0.15, 0.2) is 0 Å². The van der Waals surface area contributed by atoms with Crippen LogP contribution in [0, 0.1) is 0 Å². The Labute approximate surface area is 137 Å². The highest BCUT2D eigenvalue weighted by atomic mass is 16.2. The Hall–Kier alpha value is -1.62. The molecule has 23 heavy (non-hydrogen) atoms. The molecule has 0 spiro atoms. The highest BCUT2D eigenvalue weighted by Gasteiger charge is 2.30. The molecule has 3 heterocycles. The molecule has 1 fully saturated rings. The number of allylic oxidation sites excluding steroid dienone is 1. The molecule has 1 aliphatic carbocycles. The predicted octanol–water partition coefficient (Wildman–Crippen LogP) is 2.36. The molecule has 1 unspecified atom stereocenters. The summed E-state index contributed by atoms with van der Waals surface area (Å²) in [5.74, 6) is 0.251. The molecule has 0 aromatic carbocycles. The third-order valence-electron chi connectivity index (χ3n) is 5.46. The van der Waals surface area contributed by atoms with E-state index in [0.29, 0.717) is 12.6 Å². The van der Waals surface area contributed by atoms with Crippen LogP contribution in [0.1, 0.15) is 50.3 Å². The fraction of sp³-hybridized carbons (Fsp3) is 0.667. The third-order valence-corrected chi connectivity index (χ3v) is 5.46. The van der Waals surface area contributed by atoms with Gasteiger partial charge in [0, 0.05) is 24.9 Å². The molecule has 1 aromatic heterocycles. The first-order chi connectivity index (χ1) is 11.3. The van der Waals surface area contributed by atoms with E-state index in [9.17, 15) is 4.79 Å². The van der Waals surface area contributed by atoms with Gasteiger partial charge in [-0.2, -0.15) is 5.10 Å². The molecule has 1 amide bonds. The largest absolute Gasteiger partial charge is 0.331 e. The molecule has 2 aliphatic heterocycles. The highest BCUT2D eigenvalue weighted by Crippen LogP contribution is 2.27. The zero-order valence-electron chi connectivity index (χ0n) is 13.8. The van der Waals surface area contributed by atoms with Crippen molar-refractivity contribution < 1.29 is 4.79 Å². The number of rotatable bonds is 4. The lowest BCUT2D eigenvalue weighted by Gasteiger charge is -2.35. The summed E-state index contributed by atoms with van der Waals surface area (Å²) in [5.41, 5.74) is 2.20. The maximum absolute atomic E-state index is 12.8. The summed E-state index contributed by atoms with van der Waals surface area (Å²) >= 11 is 0. The smallest absolute Gasteiger partial charge is 0.249 e. The average molecular weight is 314 g/mol. The van der Waals surface area contributed by atoms with Crippen LogP contribution >= 0.6 is 0 Å². The van der Waals surface area contributed by atoms with Gasteiger partial charge in [-0.1, -0.05) is 6.08 Å². The van der Waals surface area contributed by atoms with Crippen molar-refractivity contribution >= 4 is 5.91 Å². The monoisotopic (exact) mass is 314 g/mol. The Morgan fingerprint density at radius 3 is 2.91 bits per heavy atom. The van der Waals surface area contributed by atoms with Crippen molar-refractivity contribution in [2.45, 2.75) is 51.1 Å². The van der Waals surface area contributed by atoms with Crippen LogP contribution in [-0.4, -0.2) is 51.7 Å². The van der Waals surface area contributed by atoms with Gasteiger partial charge >= 0.3 is 0 Å².